The summed E-state index contributed by atoms with van der Waals surface area (Å²) in [4.78, 5) is 21.3. The predicted molar refractivity (Wildman–Crippen MR) is 128 cm³/mol. The van der Waals surface area contributed by atoms with Crippen LogP contribution < -0.4 is 4.90 Å². The van der Waals surface area contributed by atoms with Gasteiger partial charge in [0, 0.05) is 31.7 Å². The van der Waals surface area contributed by atoms with Gasteiger partial charge in [-0.25, -0.2) is 9.78 Å². The van der Waals surface area contributed by atoms with Crippen LogP contribution in [0.5, 0.6) is 0 Å². The maximum atomic E-state index is 12.3. The van der Waals surface area contributed by atoms with Gasteiger partial charge in [0.15, 0.2) is 0 Å². The average Bonchev–Trinajstić information content (AvgIpc) is 2.72. The number of hydrogen-bond acceptors (Lipinski definition) is 4. The Morgan fingerprint density at radius 3 is 2.16 bits per heavy atom. The summed E-state index contributed by atoms with van der Waals surface area (Å²) in [6.07, 6.45) is -0.236. The zero-order valence-corrected chi connectivity index (χ0v) is 20.1. The lowest BCUT2D eigenvalue weighted by atomic mass is 9.88. The molecule has 2 heterocycles. The van der Waals surface area contributed by atoms with Crippen LogP contribution in [-0.4, -0.2) is 47.8 Å². The molecule has 0 saturated carbocycles. The molecule has 0 spiro atoms. The summed E-state index contributed by atoms with van der Waals surface area (Å²) in [6.45, 7) is 17.5. The van der Waals surface area contributed by atoms with Gasteiger partial charge in [-0.05, 0) is 61.9 Å². The van der Waals surface area contributed by atoms with Crippen LogP contribution in [-0.2, 0) is 4.74 Å². The molecule has 0 radical (unpaired) electrons. The van der Waals surface area contributed by atoms with Gasteiger partial charge in [-0.3, -0.25) is 0 Å². The highest BCUT2D eigenvalue weighted by Crippen LogP contribution is 2.31. The monoisotopic (exact) mass is 423 g/mol. The van der Waals surface area contributed by atoms with Gasteiger partial charge in [0.05, 0.1) is 5.69 Å². The highest BCUT2D eigenvalue weighted by Gasteiger charge is 2.26. The molecule has 1 aliphatic rings. The lowest BCUT2D eigenvalue weighted by Crippen LogP contribution is -2.50. The van der Waals surface area contributed by atoms with Crippen molar-refractivity contribution in [3.05, 3.63) is 47.5 Å². The van der Waals surface area contributed by atoms with Gasteiger partial charge < -0.3 is 14.5 Å². The molecule has 0 unspecified atom stereocenters. The Morgan fingerprint density at radius 1 is 0.935 bits per heavy atom. The molecule has 2 aromatic rings. The molecule has 1 fully saturated rings. The van der Waals surface area contributed by atoms with Gasteiger partial charge in [0.1, 0.15) is 11.4 Å². The van der Waals surface area contributed by atoms with E-state index in [0.717, 1.165) is 30.2 Å². The minimum Gasteiger partial charge on any atom is -0.444 e. The van der Waals surface area contributed by atoms with E-state index in [2.05, 4.69) is 69.0 Å². The number of rotatable bonds is 4. The van der Waals surface area contributed by atoms with Crippen molar-refractivity contribution in [1.29, 1.82) is 0 Å². The van der Waals surface area contributed by atoms with E-state index in [9.17, 15) is 4.79 Å². The fourth-order valence-electron chi connectivity index (χ4n) is 3.96. The third-order valence-corrected chi connectivity index (χ3v) is 5.62. The van der Waals surface area contributed by atoms with Gasteiger partial charge in [0.25, 0.3) is 0 Å². The smallest absolute Gasteiger partial charge is 0.410 e. The van der Waals surface area contributed by atoms with Crippen LogP contribution in [0.3, 0.4) is 0 Å². The molecule has 1 amide bonds. The van der Waals surface area contributed by atoms with Gasteiger partial charge in [-0.2, -0.15) is 0 Å². The lowest BCUT2D eigenvalue weighted by Gasteiger charge is -2.36. The third kappa shape index (κ3) is 5.78. The molecule has 0 aliphatic carbocycles. The molecule has 168 valence electrons. The van der Waals surface area contributed by atoms with E-state index in [1.165, 1.54) is 11.1 Å². The molecule has 1 aromatic carbocycles. The number of benzene rings is 1. The Hall–Kier alpha value is -2.56. The van der Waals surface area contributed by atoms with Crippen LogP contribution in [0.4, 0.5) is 10.6 Å². The molecular formula is C26H37N3O2. The second-order valence-corrected chi connectivity index (χ2v) is 9.99. The number of nitrogens with zero attached hydrogens (tertiary/aromatic N) is 3. The molecule has 3 rings (SSSR count). The van der Waals surface area contributed by atoms with Crippen molar-refractivity contribution >= 4 is 11.9 Å². The molecule has 0 N–H and O–H groups in total. The maximum Gasteiger partial charge on any atom is 0.410 e. The highest BCUT2D eigenvalue weighted by atomic mass is 16.6. The molecule has 1 saturated heterocycles. The van der Waals surface area contributed by atoms with Crippen LogP contribution >= 0.6 is 0 Å². The van der Waals surface area contributed by atoms with Gasteiger partial charge in [-0.15, -0.1) is 0 Å². The fraction of sp³-hybridized carbons (Fsp3) is 0.538. The summed E-state index contributed by atoms with van der Waals surface area (Å²) in [6, 6.07) is 12.9. The van der Waals surface area contributed by atoms with Crippen molar-refractivity contribution in [2.24, 2.45) is 0 Å². The van der Waals surface area contributed by atoms with E-state index < -0.39 is 5.60 Å². The highest BCUT2D eigenvalue weighted by molar-refractivity contribution is 5.69. The number of hydrogen-bond donors (Lipinski definition) is 0. The topological polar surface area (TPSA) is 45.7 Å². The summed E-state index contributed by atoms with van der Waals surface area (Å²) in [5, 5.41) is 0. The Kier molecular flexibility index (Phi) is 6.93. The van der Waals surface area contributed by atoms with Gasteiger partial charge in [0.2, 0.25) is 0 Å². The fourth-order valence-corrected chi connectivity index (χ4v) is 3.96. The van der Waals surface area contributed by atoms with E-state index in [-0.39, 0.29) is 6.09 Å². The molecule has 0 atom stereocenters. The molecule has 5 heteroatoms. The quantitative estimate of drug-likeness (QED) is 0.600. The largest absolute Gasteiger partial charge is 0.444 e. The van der Waals surface area contributed by atoms with E-state index in [4.69, 9.17) is 9.72 Å². The summed E-state index contributed by atoms with van der Waals surface area (Å²) < 4.78 is 5.50. The van der Waals surface area contributed by atoms with Crippen LogP contribution in [0.15, 0.2) is 36.4 Å². The van der Waals surface area contributed by atoms with Gasteiger partial charge in [-0.1, -0.05) is 45.9 Å². The van der Waals surface area contributed by atoms with Crippen molar-refractivity contribution in [1.82, 2.24) is 9.88 Å². The summed E-state index contributed by atoms with van der Waals surface area (Å²) in [5.41, 5.74) is 4.48. The number of piperazine rings is 1. The molecule has 31 heavy (non-hydrogen) atoms. The molecule has 0 bridgehead atoms. The Bertz CT molecular complexity index is 907. The van der Waals surface area contributed by atoms with E-state index in [1.54, 1.807) is 4.90 Å². The van der Waals surface area contributed by atoms with E-state index >= 15 is 0 Å². The first-order chi connectivity index (χ1) is 14.5. The Morgan fingerprint density at radius 2 is 1.58 bits per heavy atom. The first-order valence-electron chi connectivity index (χ1n) is 11.4. The Balaban J connectivity index is 1.75. The minimum absolute atomic E-state index is 0.236. The lowest BCUT2D eigenvalue weighted by molar-refractivity contribution is 0.0240. The standard InChI is InChI=1S/C26H37N3O2/c1-18(2)21-12-11-20(17-22(21)19(3)4)23-9-8-10-24(27-23)28-13-15-29(16-14-28)25(30)31-26(5,6)7/h8-12,17-19H,13-16H2,1-7H3. The number of carbonyl (C=O) groups is 1. The summed E-state index contributed by atoms with van der Waals surface area (Å²) in [5.74, 6) is 1.94. The van der Waals surface area contributed by atoms with Crippen LogP contribution in [0.1, 0.15) is 71.4 Å². The van der Waals surface area contributed by atoms with E-state index in [1.807, 2.05) is 20.8 Å². The van der Waals surface area contributed by atoms with Crippen molar-refractivity contribution in [3.63, 3.8) is 0 Å². The minimum atomic E-state index is -0.468. The average molecular weight is 424 g/mol. The van der Waals surface area contributed by atoms with Crippen molar-refractivity contribution < 1.29 is 9.53 Å². The zero-order valence-electron chi connectivity index (χ0n) is 20.1. The third-order valence-electron chi connectivity index (χ3n) is 5.62. The van der Waals surface area contributed by atoms with Crippen molar-refractivity contribution in [2.45, 2.75) is 65.9 Å². The number of carbonyl (C=O) groups excluding carboxylic acids is 1. The van der Waals surface area contributed by atoms with Crippen LogP contribution in [0, 0.1) is 0 Å². The van der Waals surface area contributed by atoms with Crippen LogP contribution in [0.2, 0.25) is 0 Å². The summed E-state index contributed by atoms with van der Waals surface area (Å²) in [7, 11) is 0. The molecule has 1 aliphatic heterocycles. The number of aromatic nitrogens is 1. The number of amides is 1. The normalized spacial score (nSPS) is 15.0. The number of anilines is 1. The zero-order chi connectivity index (χ0) is 22.8. The van der Waals surface area contributed by atoms with Crippen molar-refractivity contribution in [2.75, 3.05) is 31.1 Å². The first kappa shape index (κ1) is 23.1. The number of ether oxygens (including phenoxy) is 1. The van der Waals surface area contributed by atoms with Crippen LogP contribution in [0.25, 0.3) is 11.3 Å². The van der Waals surface area contributed by atoms with Crippen molar-refractivity contribution in [3.8, 4) is 11.3 Å². The molecule has 1 aromatic heterocycles. The summed E-state index contributed by atoms with van der Waals surface area (Å²) >= 11 is 0. The van der Waals surface area contributed by atoms with E-state index in [0.29, 0.717) is 24.9 Å². The molecular weight excluding hydrogens is 386 g/mol. The second kappa shape index (κ2) is 9.29. The SMILES string of the molecule is CC(C)c1ccc(-c2cccc(N3CCN(C(=O)OC(C)(C)C)CC3)n2)cc1C(C)C. The maximum absolute atomic E-state index is 12.3. The van der Waals surface area contributed by atoms with Gasteiger partial charge >= 0.3 is 6.09 Å². The Labute approximate surface area is 187 Å². The second-order valence-electron chi connectivity index (χ2n) is 9.99. The number of pyridine rings is 1. The molecule has 5 nitrogen and oxygen atoms in total. The predicted octanol–water partition coefficient (Wildman–Crippen LogP) is 6.05. The first-order valence-corrected chi connectivity index (χ1v) is 11.4.